The predicted octanol–water partition coefficient (Wildman–Crippen LogP) is 1.79. The maximum absolute atomic E-state index is 9.17. The summed E-state index contributed by atoms with van der Waals surface area (Å²) in [6.07, 6.45) is 3.31. The van der Waals surface area contributed by atoms with E-state index in [4.69, 9.17) is 21.6 Å². The second-order valence-electron chi connectivity index (χ2n) is 4.66. The molecule has 9 heteroatoms. The van der Waals surface area contributed by atoms with Crippen LogP contribution in [-0.2, 0) is 0 Å². The fourth-order valence-electron chi connectivity index (χ4n) is 2.30. The Morgan fingerprint density at radius 3 is 2.68 bits per heavy atom. The number of piperazine rings is 1. The van der Waals surface area contributed by atoms with Crippen LogP contribution in [0.25, 0.3) is 0 Å². The van der Waals surface area contributed by atoms with Crippen LogP contribution in [0, 0.1) is 11.3 Å². The molecule has 0 bridgehead atoms. The van der Waals surface area contributed by atoms with Gasteiger partial charge in [-0.05, 0) is 11.5 Å². The number of nitriles is 1. The normalized spacial score (nSPS) is 14.8. The molecule has 0 unspecified atom stereocenters. The van der Waals surface area contributed by atoms with Crippen molar-refractivity contribution in [1.82, 2.24) is 14.3 Å². The SMILES string of the molecule is COc1cncc(N2CCN(c3snc(Cl)c3C#N)CC2)n1. The highest BCUT2D eigenvalue weighted by Crippen LogP contribution is 2.32. The lowest BCUT2D eigenvalue weighted by Gasteiger charge is -2.35. The van der Waals surface area contributed by atoms with E-state index in [0.717, 1.165) is 37.0 Å². The molecule has 1 aliphatic rings. The van der Waals surface area contributed by atoms with Crippen molar-refractivity contribution < 1.29 is 4.74 Å². The van der Waals surface area contributed by atoms with Gasteiger partial charge in [0.15, 0.2) is 11.0 Å². The fourth-order valence-corrected chi connectivity index (χ4v) is 3.38. The predicted molar refractivity (Wildman–Crippen MR) is 84.8 cm³/mol. The molecule has 0 aliphatic carbocycles. The average molecular weight is 337 g/mol. The second kappa shape index (κ2) is 6.34. The molecule has 0 atom stereocenters. The van der Waals surface area contributed by atoms with Crippen molar-refractivity contribution in [3.8, 4) is 11.9 Å². The minimum Gasteiger partial charge on any atom is -0.480 e. The van der Waals surface area contributed by atoms with Crippen molar-refractivity contribution in [2.45, 2.75) is 0 Å². The Kier molecular flexibility index (Phi) is 4.27. The second-order valence-corrected chi connectivity index (χ2v) is 5.77. The van der Waals surface area contributed by atoms with Crippen LogP contribution in [0.2, 0.25) is 5.15 Å². The van der Waals surface area contributed by atoms with Gasteiger partial charge in [0, 0.05) is 26.2 Å². The van der Waals surface area contributed by atoms with E-state index in [9.17, 15) is 0 Å². The summed E-state index contributed by atoms with van der Waals surface area (Å²) in [5.41, 5.74) is 0.460. The smallest absolute Gasteiger partial charge is 0.233 e. The minimum atomic E-state index is 0.281. The van der Waals surface area contributed by atoms with E-state index in [0.29, 0.717) is 11.4 Å². The zero-order valence-corrected chi connectivity index (χ0v) is 13.4. The van der Waals surface area contributed by atoms with Gasteiger partial charge in [-0.3, -0.25) is 4.98 Å². The van der Waals surface area contributed by atoms with Gasteiger partial charge in [0.05, 0.1) is 19.5 Å². The first-order valence-electron chi connectivity index (χ1n) is 6.64. The molecule has 0 radical (unpaired) electrons. The van der Waals surface area contributed by atoms with Gasteiger partial charge in [-0.1, -0.05) is 11.6 Å². The van der Waals surface area contributed by atoms with Crippen molar-refractivity contribution in [1.29, 1.82) is 5.26 Å². The van der Waals surface area contributed by atoms with E-state index in [-0.39, 0.29) is 5.15 Å². The highest BCUT2D eigenvalue weighted by atomic mass is 35.5. The number of rotatable bonds is 3. The molecular weight excluding hydrogens is 324 g/mol. The van der Waals surface area contributed by atoms with E-state index in [2.05, 4.69) is 30.2 Å². The highest BCUT2D eigenvalue weighted by Gasteiger charge is 2.23. The molecular formula is C13H13ClN6OS. The van der Waals surface area contributed by atoms with Crippen LogP contribution in [0.15, 0.2) is 12.4 Å². The summed E-state index contributed by atoms with van der Waals surface area (Å²) < 4.78 is 9.15. The Morgan fingerprint density at radius 1 is 1.27 bits per heavy atom. The number of halogens is 1. The van der Waals surface area contributed by atoms with Crippen molar-refractivity contribution in [3.63, 3.8) is 0 Å². The van der Waals surface area contributed by atoms with E-state index in [1.165, 1.54) is 11.5 Å². The van der Waals surface area contributed by atoms with Crippen LogP contribution in [0.3, 0.4) is 0 Å². The van der Waals surface area contributed by atoms with Crippen LogP contribution in [0.4, 0.5) is 10.8 Å². The summed E-state index contributed by atoms with van der Waals surface area (Å²) in [6.45, 7) is 3.10. The van der Waals surface area contributed by atoms with Gasteiger partial charge < -0.3 is 14.5 Å². The molecule has 3 rings (SSSR count). The lowest BCUT2D eigenvalue weighted by atomic mass is 10.3. The summed E-state index contributed by atoms with van der Waals surface area (Å²) in [7, 11) is 1.57. The van der Waals surface area contributed by atoms with Gasteiger partial charge in [-0.25, -0.2) is 0 Å². The minimum absolute atomic E-state index is 0.281. The zero-order valence-electron chi connectivity index (χ0n) is 11.9. The molecule has 1 fully saturated rings. The molecule has 2 aromatic rings. The Morgan fingerprint density at radius 2 is 2.00 bits per heavy atom. The number of methoxy groups -OCH3 is 1. The molecule has 3 heterocycles. The van der Waals surface area contributed by atoms with E-state index >= 15 is 0 Å². The molecule has 0 amide bonds. The van der Waals surface area contributed by atoms with Crippen LogP contribution in [0.5, 0.6) is 5.88 Å². The van der Waals surface area contributed by atoms with E-state index in [1.54, 1.807) is 19.5 Å². The number of anilines is 2. The van der Waals surface area contributed by atoms with Crippen LogP contribution in [0.1, 0.15) is 5.56 Å². The monoisotopic (exact) mass is 336 g/mol. The van der Waals surface area contributed by atoms with Gasteiger partial charge in [0.2, 0.25) is 5.88 Å². The van der Waals surface area contributed by atoms with Crippen molar-refractivity contribution in [3.05, 3.63) is 23.1 Å². The molecule has 0 saturated carbocycles. The lowest BCUT2D eigenvalue weighted by Crippen LogP contribution is -2.46. The van der Waals surface area contributed by atoms with E-state index < -0.39 is 0 Å². The molecule has 1 saturated heterocycles. The van der Waals surface area contributed by atoms with Crippen molar-refractivity contribution in [2.75, 3.05) is 43.1 Å². The number of nitrogens with zero attached hydrogens (tertiary/aromatic N) is 6. The molecule has 22 heavy (non-hydrogen) atoms. The molecule has 1 aliphatic heterocycles. The maximum atomic E-state index is 9.17. The first kappa shape index (κ1) is 14.8. The first-order chi connectivity index (χ1) is 10.7. The summed E-state index contributed by atoms with van der Waals surface area (Å²) in [6, 6.07) is 2.12. The van der Waals surface area contributed by atoms with Crippen molar-refractivity contribution in [2.24, 2.45) is 0 Å². The zero-order chi connectivity index (χ0) is 15.5. The molecule has 114 valence electrons. The first-order valence-corrected chi connectivity index (χ1v) is 7.79. The highest BCUT2D eigenvalue weighted by molar-refractivity contribution is 7.10. The Labute approximate surface area is 136 Å². The van der Waals surface area contributed by atoms with Crippen LogP contribution < -0.4 is 14.5 Å². The van der Waals surface area contributed by atoms with Gasteiger partial charge in [-0.15, -0.1) is 0 Å². The molecule has 7 nitrogen and oxygen atoms in total. The summed E-state index contributed by atoms with van der Waals surface area (Å²) >= 11 is 7.20. The molecule has 0 N–H and O–H groups in total. The number of hydrogen-bond acceptors (Lipinski definition) is 8. The van der Waals surface area contributed by atoms with Crippen LogP contribution >= 0.6 is 23.1 Å². The third kappa shape index (κ3) is 2.77. The lowest BCUT2D eigenvalue weighted by molar-refractivity contribution is 0.395. The van der Waals surface area contributed by atoms with E-state index in [1.807, 2.05) is 0 Å². The Hall–Kier alpha value is -2.11. The average Bonchev–Trinajstić information content (AvgIpc) is 2.95. The Bertz CT molecular complexity index is 707. The topological polar surface area (TPSA) is 78.2 Å². The third-order valence-corrected chi connectivity index (χ3v) is 4.73. The Balaban J connectivity index is 1.71. The number of hydrogen-bond donors (Lipinski definition) is 0. The number of ether oxygens (including phenoxy) is 1. The van der Waals surface area contributed by atoms with Crippen molar-refractivity contribution >= 4 is 34.0 Å². The van der Waals surface area contributed by atoms with Gasteiger partial charge in [0.25, 0.3) is 0 Å². The van der Waals surface area contributed by atoms with Crippen LogP contribution in [-0.4, -0.2) is 47.6 Å². The molecule has 0 aromatic carbocycles. The summed E-state index contributed by atoms with van der Waals surface area (Å²) in [5.74, 6) is 1.29. The van der Waals surface area contributed by atoms with Gasteiger partial charge >= 0.3 is 0 Å². The third-order valence-electron chi connectivity index (χ3n) is 3.44. The van der Waals surface area contributed by atoms with Gasteiger partial charge in [0.1, 0.15) is 16.6 Å². The quantitative estimate of drug-likeness (QED) is 0.845. The molecule has 2 aromatic heterocycles. The molecule has 0 spiro atoms. The summed E-state index contributed by atoms with van der Waals surface area (Å²) in [4.78, 5) is 12.8. The summed E-state index contributed by atoms with van der Waals surface area (Å²) in [5, 5.41) is 10.3. The van der Waals surface area contributed by atoms with Gasteiger partial charge in [-0.2, -0.15) is 14.6 Å². The number of aromatic nitrogens is 3. The maximum Gasteiger partial charge on any atom is 0.233 e. The fraction of sp³-hybridized carbons (Fsp3) is 0.385. The standard InChI is InChI=1S/C13H13ClN6OS/c1-21-11-8-16-7-10(17-11)19-2-4-20(5-3-19)13-9(6-15)12(14)18-22-13/h7-8H,2-5H2,1H3. The largest absolute Gasteiger partial charge is 0.480 e.